The molecule has 2 heteroatoms. The summed E-state index contributed by atoms with van der Waals surface area (Å²) in [5.41, 5.74) is 12.7. The van der Waals surface area contributed by atoms with E-state index >= 15 is 0 Å². The highest BCUT2D eigenvalue weighted by atomic mass is 14.5. The Morgan fingerprint density at radius 3 is 1.86 bits per heavy atom. The fraction of sp³-hybridized carbons (Fsp3) is 0.500. The predicted molar refractivity (Wildman–Crippen MR) is 64.1 cm³/mol. The molecule has 0 aliphatic carbocycles. The largest absolute Gasteiger partial charge is 0.399 e. The maximum Gasteiger partial charge on any atom is 0.0314 e. The second-order valence-electron chi connectivity index (χ2n) is 3.88. The van der Waals surface area contributed by atoms with Crippen LogP contribution < -0.4 is 11.5 Å². The van der Waals surface area contributed by atoms with Gasteiger partial charge in [-0.25, -0.2) is 0 Å². The molecule has 0 bridgehead atoms. The van der Waals surface area contributed by atoms with Gasteiger partial charge in [0.2, 0.25) is 0 Å². The van der Waals surface area contributed by atoms with E-state index < -0.39 is 0 Å². The molecule has 0 spiro atoms. The highest BCUT2D eigenvalue weighted by Crippen LogP contribution is 2.02. The molecule has 2 nitrogen and oxygen atoms in total. The zero-order chi connectivity index (χ0) is 11.0. The minimum Gasteiger partial charge on any atom is -0.399 e. The fourth-order valence-electron chi connectivity index (χ4n) is 0.900. The molecular weight excluding hydrogens is 172 g/mol. The number of rotatable bonds is 2. The van der Waals surface area contributed by atoms with Crippen molar-refractivity contribution in [1.29, 1.82) is 0 Å². The maximum atomic E-state index is 5.43. The summed E-state index contributed by atoms with van der Waals surface area (Å²) in [5.74, 6) is 0.773. The van der Waals surface area contributed by atoms with Crippen molar-refractivity contribution in [3.8, 4) is 0 Å². The third-order valence-corrected chi connectivity index (χ3v) is 1.82. The molecule has 0 unspecified atom stereocenters. The van der Waals surface area contributed by atoms with E-state index in [0.717, 1.165) is 24.6 Å². The standard InChI is InChI=1S/C7H9N.C5H13N/c1-6-2-4-7(8)5-3-6;1-5(2)3-4-6/h2-5H,8H2,1H3;5H,3-4,6H2,1-2H3. The van der Waals surface area contributed by atoms with E-state index in [9.17, 15) is 0 Å². The number of nitrogens with two attached hydrogens (primary N) is 2. The maximum absolute atomic E-state index is 5.43. The summed E-state index contributed by atoms with van der Waals surface area (Å²) in [5, 5.41) is 0. The Bertz CT molecular complexity index is 206. The van der Waals surface area contributed by atoms with Crippen molar-refractivity contribution in [2.75, 3.05) is 12.3 Å². The number of hydrogen-bond donors (Lipinski definition) is 2. The van der Waals surface area contributed by atoms with Gasteiger partial charge in [0.25, 0.3) is 0 Å². The van der Waals surface area contributed by atoms with E-state index in [0.29, 0.717) is 0 Å². The summed E-state index contributed by atoms with van der Waals surface area (Å²) in [6.45, 7) is 7.22. The van der Waals surface area contributed by atoms with Crippen LogP contribution in [0.2, 0.25) is 0 Å². The van der Waals surface area contributed by atoms with Gasteiger partial charge in [-0.15, -0.1) is 0 Å². The van der Waals surface area contributed by atoms with Crippen LogP contribution in [0.5, 0.6) is 0 Å². The van der Waals surface area contributed by atoms with Gasteiger partial charge in [0.15, 0.2) is 0 Å². The highest BCUT2D eigenvalue weighted by molar-refractivity contribution is 5.38. The lowest BCUT2D eigenvalue weighted by Gasteiger charge is -1.96. The summed E-state index contributed by atoms with van der Waals surface area (Å²) in [7, 11) is 0. The van der Waals surface area contributed by atoms with Gasteiger partial charge in [0.05, 0.1) is 0 Å². The molecule has 0 fully saturated rings. The summed E-state index contributed by atoms with van der Waals surface area (Å²) in [6, 6.07) is 7.79. The van der Waals surface area contributed by atoms with E-state index in [2.05, 4.69) is 13.8 Å². The van der Waals surface area contributed by atoms with Gasteiger partial charge in [-0.1, -0.05) is 31.5 Å². The summed E-state index contributed by atoms with van der Waals surface area (Å²) in [4.78, 5) is 0. The molecule has 0 saturated carbocycles. The van der Waals surface area contributed by atoms with Gasteiger partial charge in [-0.05, 0) is 37.9 Å². The Balaban J connectivity index is 0.000000255. The van der Waals surface area contributed by atoms with Crippen molar-refractivity contribution in [3.63, 3.8) is 0 Å². The first kappa shape index (κ1) is 13.0. The van der Waals surface area contributed by atoms with Crippen molar-refractivity contribution >= 4 is 5.69 Å². The number of anilines is 1. The summed E-state index contributed by atoms with van der Waals surface area (Å²) in [6.07, 6.45) is 1.15. The van der Waals surface area contributed by atoms with Crippen LogP contribution in [-0.2, 0) is 0 Å². The van der Waals surface area contributed by atoms with Crippen molar-refractivity contribution < 1.29 is 0 Å². The molecule has 0 aliphatic rings. The minimum absolute atomic E-state index is 0.773. The number of hydrogen-bond acceptors (Lipinski definition) is 2. The molecule has 0 amide bonds. The molecule has 0 heterocycles. The van der Waals surface area contributed by atoms with Gasteiger partial charge in [-0.3, -0.25) is 0 Å². The first-order valence-electron chi connectivity index (χ1n) is 5.08. The molecule has 1 rings (SSSR count). The highest BCUT2D eigenvalue weighted by Gasteiger charge is 1.85. The van der Waals surface area contributed by atoms with Crippen molar-refractivity contribution in [2.45, 2.75) is 27.2 Å². The molecule has 80 valence electrons. The molecule has 0 aromatic heterocycles. The van der Waals surface area contributed by atoms with E-state index in [1.807, 2.05) is 31.2 Å². The van der Waals surface area contributed by atoms with Crippen molar-refractivity contribution in [2.24, 2.45) is 11.7 Å². The summed E-state index contributed by atoms with van der Waals surface area (Å²) < 4.78 is 0. The lowest BCUT2D eigenvalue weighted by Crippen LogP contribution is -2.01. The van der Waals surface area contributed by atoms with E-state index in [-0.39, 0.29) is 0 Å². The van der Waals surface area contributed by atoms with Crippen LogP contribution in [0.4, 0.5) is 5.69 Å². The quantitative estimate of drug-likeness (QED) is 0.711. The van der Waals surface area contributed by atoms with Crippen molar-refractivity contribution in [1.82, 2.24) is 0 Å². The molecule has 0 radical (unpaired) electrons. The van der Waals surface area contributed by atoms with Crippen LogP contribution in [-0.4, -0.2) is 6.54 Å². The second kappa shape index (κ2) is 7.39. The first-order valence-corrected chi connectivity index (χ1v) is 5.08. The number of aryl methyl sites for hydroxylation is 1. The van der Waals surface area contributed by atoms with Gasteiger partial charge >= 0.3 is 0 Å². The smallest absolute Gasteiger partial charge is 0.0314 e. The van der Waals surface area contributed by atoms with Gasteiger partial charge in [0.1, 0.15) is 0 Å². The van der Waals surface area contributed by atoms with Crippen LogP contribution in [0.3, 0.4) is 0 Å². The molecule has 1 aromatic rings. The van der Waals surface area contributed by atoms with Gasteiger partial charge in [0, 0.05) is 5.69 Å². The monoisotopic (exact) mass is 194 g/mol. The fourth-order valence-corrected chi connectivity index (χ4v) is 0.900. The van der Waals surface area contributed by atoms with Crippen LogP contribution in [0.25, 0.3) is 0 Å². The molecule has 14 heavy (non-hydrogen) atoms. The predicted octanol–water partition coefficient (Wildman–Crippen LogP) is 2.57. The Morgan fingerprint density at radius 2 is 1.64 bits per heavy atom. The zero-order valence-electron chi connectivity index (χ0n) is 9.46. The Labute approximate surface area is 87.3 Å². The molecule has 0 atom stereocenters. The minimum atomic E-state index is 0.773. The van der Waals surface area contributed by atoms with Crippen LogP contribution in [0.1, 0.15) is 25.8 Å². The van der Waals surface area contributed by atoms with Crippen LogP contribution in [0, 0.1) is 12.8 Å². The van der Waals surface area contributed by atoms with Crippen molar-refractivity contribution in [3.05, 3.63) is 29.8 Å². The van der Waals surface area contributed by atoms with E-state index in [1.165, 1.54) is 5.56 Å². The zero-order valence-corrected chi connectivity index (χ0v) is 9.46. The molecule has 1 aromatic carbocycles. The van der Waals surface area contributed by atoms with Crippen LogP contribution in [0.15, 0.2) is 24.3 Å². The number of benzene rings is 1. The molecule has 0 aliphatic heterocycles. The van der Waals surface area contributed by atoms with Crippen LogP contribution >= 0.6 is 0 Å². The number of nitrogen functional groups attached to an aromatic ring is 1. The SMILES string of the molecule is CC(C)CCN.Cc1ccc(N)cc1. The lowest BCUT2D eigenvalue weighted by molar-refractivity contribution is 0.596. The average Bonchev–Trinajstić information content (AvgIpc) is 2.11. The third-order valence-electron chi connectivity index (χ3n) is 1.82. The Morgan fingerprint density at radius 1 is 1.14 bits per heavy atom. The Kier molecular flexibility index (Phi) is 6.85. The Hall–Kier alpha value is -1.02. The molecule has 0 saturated heterocycles. The third kappa shape index (κ3) is 7.62. The van der Waals surface area contributed by atoms with E-state index in [1.54, 1.807) is 0 Å². The summed E-state index contributed by atoms with van der Waals surface area (Å²) >= 11 is 0. The average molecular weight is 194 g/mol. The second-order valence-corrected chi connectivity index (χ2v) is 3.88. The normalized spacial score (nSPS) is 9.50. The van der Waals surface area contributed by atoms with Gasteiger partial charge in [-0.2, -0.15) is 0 Å². The van der Waals surface area contributed by atoms with Gasteiger partial charge < -0.3 is 11.5 Å². The van der Waals surface area contributed by atoms with E-state index in [4.69, 9.17) is 11.5 Å². The lowest BCUT2D eigenvalue weighted by atomic mass is 10.1. The topological polar surface area (TPSA) is 52.0 Å². The molecular formula is C12H22N2. The molecule has 4 N–H and O–H groups in total. The first-order chi connectivity index (χ1) is 6.56.